The van der Waals surface area contributed by atoms with Crippen LogP contribution in [0.15, 0.2) is 16.7 Å². The second-order valence-corrected chi connectivity index (χ2v) is 4.26. The van der Waals surface area contributed by atoms with Crippen LogP contribution in [0.25, 0.3) is 0 Å². The van der Waals surface area contributed by atoms with Crippen LogP contribution in [0.4, 0.5) is 0 Å². The third kappa shape index (κ3) is 1.53. The van der Waals surface area contributed by atoms with Crippen molar-refractivity contribution >= 4 is 5.91 Å². The summed E-state index contributed by atoms with van der Waals surface area (Å²) in [7, 11) is 0. The fourth-order valence-electron chi connectivity index (χ4n) is 1.71. The molecule has 1 aliphatic heterocycles. The first-order valence-electron chi connectivity index (χ1n) is 4.61. The van der Waals surface area contributed by atoms with Crippen LogP contribution in [0, 0.1) is 6.92 Å². The van der Waals surface area contributed by atoms with E-state index < -0.39 is 0 Å². The van der Waals surface area contributed by atoms with Crippen LogP contribution in [-0.2, 0) is 0 Å². The van der Waals surface area contributed by atoms with Gasteiger partial charge >= 0.3 is 0 Å². The Balaban J connectivity index is 2.04. The van der Waals surface area contributed by atoms with Crippen LogP contribution < -0.4 is 5.73 Å². The second-order valence-electron chi connectivity index (χ2n) is 4.26. The Morgan fingerprint density at radius 3 is 2.71 bits per heavy atom. The number of nitrogens with zero attached hydrogens (tertiary/aromatic N) is 1. The molecule has 0 bridgehead atoms. The van der Waals surface area contributed by atoms with Gasteiger partial charge in [0, 0.05) is 18.6 Å². The molecule has 14 heavy (non-hydrogen) atoms. The summed E-state index contributed by atoms with van der Waals surface area (Å²) >= 11 is 0. The first kappa shape index (κ1) is 9.27. The molecule has 0 aliphatic carbocycles. The minimum absolute atomic E-state index is 0.00442. The number of likely N-dealkylation sites (tertiary alicyclic amines) is 1. The molecule has 2 rings (SSSR count). The van der Waals surface area contributed by atoms with Gasteiger partial charge in [0.1, 0.15) is 12.0 Å². The molecule has 1 saturated heterocycles. The molecule has 0 spiro atoms. The first-order valence-corrected chi connectivity index (χ1v) is 4.61. The molecule has 0 aromatic carbocycles. The number of nitrogens with two attached hydrogens (primary N) is 1. The van der Waals surface area contributed by atoms with Gasteiger partial charge in [0.15, 0.2) is 0 Å². The zero-order chi connectivity index (χ0) is 10.3. The van der Waals surface area contributed by atoms with Gasteiger partial charge in [-0.2, -0.15) is 0 Å². The largest absolute Gasteiger partial charge is 0.469 e. The summed E-state index contributed by atoms with van der Waals surface area (Å²) in [4.78, 5) is 13.5. The summed E-state index contributed by atoms with van der Waals surface area (Å²) in [5.74, 6) is 0.758. The Kier molecular flexibility index (Phi) is 1.89. The fourth-order valence-corrected chi connectivity index (χ4v) is 1.71. The number of hydrogen-bond acceptors (Lipinski definition) is 3. The average Bonchev–Trinajstić information content (AvgIpc) is 2.46. The minimum atomic E-state index is -0.214. The van der Waals surface area contributed by atoms with E-state index in [9.17, 15) is 4.79 Å². The Hall–Kier alpha value is -1.29. The quantitative estimate of drug-likeness (QED) is 0.718. The number of amides is 1. The number of furan rings is 1. The van der Waals surface area contributed by atoms with E-state index in [2.05, 4.69) is 0 Å². The summed E-state index contributed by atoms with van der Waals surface area (Å²) < 4.78 is 5.08. The van der Waals surface area contributed by atoms with Crippen molar-refractivity contribution in [2.24, 2.45) is 5.73 Å². The highest BCUT2D eigenvalue weighted by molar-refractivity contribution is 5.94. The van der Waals surface area contributed by atoms with Crippen molar-refractivity contribution in [1.82, 2.24) is 4.90 Å². The van der Waals surface area contributed by atoms with Crippen molar-refractivity contribution in [1.29, 1.82) is 0 Å². The van der Waals surface area contributed by atoms with E-state index in [-0.39, 0.29) is 11.4 Å². The molecule has 2 heterocycles. The predicted molar refractivity (Wildman–Crippen MR) is 51.9 cm³/mol. The SMILES string of the molecule is Cc1cc(C(=O)N2CC(C)(N)C2)co1. The molecule has 1 aromatic heterocycles. The molecule has 1 amide bonds. The summed E-state index contributed by atoms with van der Waals surface area (Å²) in [5.41, 5.74) is 6.21. The van der Waals surface area contributed by atoms with Crippen molar-refractivity contribution in [2.45, 2.75) is 19.4 Å². The van der Waals surface area contributed by atoms with Crippen LogP contribution in [0.5, 0.6) is 0 Å². The zero-order valence-electron chi connectivity index (χ0n) is 8.41. The van der Waals surface area contributed by atoms with Gasteiger partial charge in [-0.25, -0.2) is 0 Å². The van der Waals surface area contributed by atoms with Crippen LogP contribution >= 0.6 is 0 Å². The number of carbonyl (C=O) groups is 1. The van der Waals surface area contributed by atoms with Gasteiger partial charge in [0.25, 0.3) is 5.91 Å². The van der Waals surface area contributed by atoms with E-state index in [1.807, 2.05) is 13.8 Å². The van der Waals surface area contributed by atoms with E-state index in [1.54, 1.807) is 11.0 Å². The molecular weight excluding hydrogens is 180 g/mol. The number of aryl methyl sites for hydroxylation is 1. The lowest BCUT2D eigenvalue weighted by molar-refractivity contribution is 0.0453. The average molecular weight is 194 g/mol. The van der Waals surface area contributed by atoms with Gasteiger partial charge in [-0.1, -0.05) is 0 Å². The maximum Gasteiger partial charge on any atom is 0.257 e. The lowest BCUT2D eigenvalue weighted by Crippen LogP contribution is -2.66. The van der Waals surface area contributed by atoms with Gasteiger partial charge < -0.3 is 15.1 Å². The van der Waals surface area contributed by atoms with E-state index in [0.29, 0.717) is 18.7 Å². The molecule has 1 aromatic rings. The molecule has 1 aliphatic rings. The third-order valence-corrected chi connectivity index (χ3v) is 2.37. The first-order chi connectivity index (χ1) is 6.48. The van der Waals surface area contributed by atoms with Crippen LogP contribution in [-0.4, -0.2) is 29.4 Å². The Morgan fingerprint density at radius 1 is 1.64 bits per heavy atom. The van der Waals surface area contributed by atoms with Crippen molar-refractivity contribution < 1.29 is 9.21 Å². The van der Waals surface area contributed by atoms with E-state index >= 15 is 0 Å². The van der Waals surface area contributed by atoms with Crippen LogP contribution in [0.2, 0.25) is 0 Å². The molecule has 4 heteroatoms. The molecule has 0 unspecified atom stereocenters. The van der Waals surface area contributed by atoms with Crippen molar-refractivity contribution in [2.75, 3.05) is 13.1 Å². The molecule has 2 N–H and O–H groups in total. The summed E-state index contributed by atoms with van der Waals surface area (Å²) in [6.45, 7) is 5.00. The predicted octanol–water partition coefficient (Wildman–Crippen LogP) is 0.761. The van der Waals surface area contributed by atoms with Crippen LogP contribution in [0.3, 0.4) is 0 Å². The van der Waals surface area contributed by atoms with E-state index in [0.717, 1.165) is 5.76 Å². The van der Waals surface area contributed by atoms with Crippen molar-refractivity contribution in [3.63, 3.8) is 0 Å². The molecule has 76 valence electrons. The Morgan fingerprint density at radius 2 is 2.29 bits per heavy atom. The lowest BCUT2D eigenvalue weighted by atomic mass is 9.93. The van der Waals surface area contributed by atoms with Gasteiger partial charge in [0.2, 0.25) is 0 Å². The summed E-state index contributed by atoms with van der Waals surface area (Å²) in [6, 6.07) is 1.74. The fraction of sp³-hybridized carbons (Fsp3) is 0.500. The maximum absolute atomic E-state index is 11.7. The van der Waals surface area contributed by atoms with Gasteiger partial charge in [-0.3, -0.25) is 4.79 Å². The molecule has 4 nitrogen and oxygen atoms in total. The lowest BCUT2D eigenvalue weighted by Gasteiger charge is -2.45. The monoisotopic (exact) mass is 194 g/mol. The van der Waals surface area contributed by atoms with Gasteiger partial charge in [0.05, 0.1) is 5.56 Å². The number of carbonyl (C=O) groups excluding carboxylic acids is 1. The van der Waals surface area contributed by atoms with Crippen molar-refractivity contribution in [3.8, 4) is 0 Å². The molecule has 1 fully saturated rings. The van der Waals surface area contributed by atoms with E-state index in [4.69, 9.17) is 10.2 Å². The zero-order valence-corrected chi connectivity index (χ0v) is 8.41. The maximum atomic E-state index is 11.7. The van der Waals surface area contributed by atoms with E-state index in [1.165, 1.54) is 6.26 Å². The molecule has 0 atom stereocenters. The molecule has 0 radical (unpaired) electrons. The normalized spacial score (nSPS) is 19.2. The third-order valence-electron chi connectivity index (χ3n) is 2.37. The summed E-state index contributed by atoms with van der Waals surface area (Å²) in [6.07, 6.45) is 1.49. The highest BCUT2D eigenvalue weighted by Gasteiger charge is 2.38. The Labute approximate surface area is 82.7 Å². The van der Waals surface area contributed by atoms with Gasteiger partial charge in [-0.15, -0.1) is 0 Å². The number of rotatable bonds is 1. The highest BCUT2D eigenvalue weighted by atomic mass is 16.3. The topological polar surface area (TPSA) is 59.5 Å². The minimum Gasteiger partial charge on any atom is -0.469 e. The van der Waals surface area contributed by atoms with Gasteiger partial charge in [-0.05, 0) is 19.9 Å². The molecule has 0 saturated carbocycles. The summed E-state index contributed by atoms with van der Waals surface area (Å²) in [5, 5.41) is 0. The van der Waals surface area contributed by atoms with Crippen molar-refractivity contribution in [3.05, 3.63) is 23.7 Å². The second kappa shape index (κ2) is 2.85. The molecular formula is C10H14N2O2. The highest BCUT2D eigenvalue weighted by Crippen LogP contribution is 2.20. The number of hydrogen-bond donors (Lipinski definition) is 1. The standard InChI is InChI=1S/C10H14N2O2/c1-7-3-8(4-14-7)9(13)12-5-10(2,11)6-12/h3-4H,5-6,11H2,1-2H3. The Bertz CT molecular complexity index is 360. The van der Waals surface area contributed by atoms with Crippen LogP contribution in [0.1, 0.15) is 23.0 Å². The smallest absolute Gasteiger partial charge is 0.257 e.